The zero-order valence-corrected chi connectivity index (χ0v) is 14.7. The zero-order valence-electron chi connectivity index (χ0n) is 14.7. The third-order valence-corrected chi connectivity index (χ3v) is 4.91. The van der Waals surface area contributed by atoms with Crippen LogP contribution >= 0.6 is 0 Å². The number of rotatable bonds is 8. The summed E-state index contributed by atoms with van der Waals surface area (Å²) in [6.45, 7) is 0.581. The fourth-order valence-electron chi connectivity index (χ4n) is 3.31. The highest BCUT2D eigenvalue weighted by molar-refractivity contribution is 5.81. The van der Waals surface area contributed by atoms with Gasteiger partial charge in [-0.25, -0.2) is 0 Å². The van der Waals surface area contributed by atoms with E-state index < -0.39 is 0 Å². The van der Waals surface area contributed by atoms with Crippen LogP contribution in [0.3, 0.4) is 0 Å². The predicted molar refractivity (Wildman–Crippen MR) is 96.2 cm³/mol. The van der Waals surface area contributed by atoms with Crippen LogP contribution in [0.25, 0.3) is 0 Å². The first-order valence-corrected chi connectivity index (χ1v) is 9.51. The number of para-hydroxylation sites is 1. The van der Waals surface area contributed by atoms with Gasteiger partial charge >= 0.3 is 0 Å². The first kappa shape index (κ1) is 17.8. The van der Waals surface area contributed by atoms with Crippen molar-refractivity contribution in [2.75, 3.05) is 6.54 Å². The van der Waals surface area contributed by atoms with Gasteiger partial charge < -0.3 is 15.4 Å². The molecule has 2 aliphatic rings. The molecule has 5 nitrogen and oxygen atoms in total. The third-order valence-electron chi connectivity index (χ3n) is 4.91. The van der Waals surface area contributed by atoms with Crippen molar-refractivity contribution >= 4 is 11.8 Å². The van der Waals surface area contributed by atoms with Crippen LogP contribution in [0.4, 0.5) is 0 Å². The van der Waals surface area contributed by atoms with Gasteiger partial charge in [0, 0.05) is 18.9 Å². The number of carbonyl (C=O) groups is 2. The quantitative estimate of drug-likeness (QED) is 0.713. The highest BCUT2D eigenvalue weighted by Gasteiger charge is 2.29. The van der Waals surface area contributed by atoms with E-state index in [-0.39, 0.29) is 29.9 Å². The minimum Gasteiger partial charge on any atom is -0.488 e. The summed E-state index contributed by atoms with van der Waals surface area (Å²) in [6, 6.07) is 9.87. The van der Waals surface area contributed by atoms with E-state index in [0.29, 0.717) is 19.4 Å². The number of ether oxygens (including phenoxy) is 1. The summed E-state index contributed by atoms with van der Waals surface area (Å²) >= 11 is 0. The lowest BCUT2D eigenvalue weighted by atomic mass is 9.92. The maximum atomic E-state index is 12.2. The van der Waals surface area contributed by atoms with Crippen molar-refractivity contribution in [2.45, 2.75) is 63.5 Å². The Morgan fingerprint density at radius 3 is 2.56 bits per heavy atom. The molecule has 2 atom stereocenters. The lowest BCUT2D eigenvalue weighted by molar-refractivity contribution is -0.124. The molecule has 0 spiro atoms. The van der Waals surface area contributed by atoms with Crippen LogP contribution in [0.15, 0.2) is 30.3 Å². The standard InChI is InChI=1S/C20H28N2O3/c23-19(11-6-14-21-20(24)15-12-13-15)22-17-9-4-5-10-18(17)25-16-7-2-1-3-8-16/h1-3,7-8,15,17-18H,4-6,9-14H2,(H,21,24)(H,22,23)/t17-,18-/m0/s1. The summed E-state index contributed by atoms with van der Waals surface area (Å²) in [5.74, 6) is 1.28. The molecule has 1 aromatic carbocycles. The van der Waals surface area contributed by atoms with Crippen molar-refractivity contribution in [1.29, 1.82) is 0 Å². The largest absolute Gasteiger partial charge is 0.488 e. The van der Waals surface area contributed by atoms with E-state index in [1.807, 2.05) is 30.3 Å². The lowest BCUT2D eigenvalue weighted by Gasteiger charge is -2.32. The summed E-state index contributed by atoms with van der Waals surface area (Å²) in [4.78, 5) is 23.8. The summed E-state index contributed by atoms with van der Waals surface area (Å²) in [5, 5.41) is 6.04. The van der Waals surface area contributed by atoms with Gasteiger partial charge in [-0.1, -0.05) is 24.6 Å². The van der Waals surface area contributed by atoms with Gasteiger partial charge in [-0.2, -0.15) is 0 Å². The normalized spacial score (nSPS) is 22.9. The second kappa shape index (κ2) is 8.88. The van der Waals surface area contributed by atoms with Crippen LogP contribution in [0, 0.1) is 5.92 Å². The Kier molecular flexibility index (Phi) is 6.31. The van der Waals surface area contributed by atoms with E-state index in [2.05, 4.69) is 10.6 Å². The van der Waals surface area contributed by atoms with Crippen LogP contribution in [-0.4, -0.2) is 30.5 Å². The number of hydrogen-bond acceptors (Lipinski definition) is 3. The molecule has 0 aromatic heterocycles. The maximum Gasteiger partial charge on any atom is 0.223 e. The minimum atomic E-state index is 0.0367. The number of hydrogen-bond donors (Lipinski definition) is 2. The molecule has 0 radical (unpaired) electrons. The molecule has 0 bridgehead atoms. The molecule has 3 rings (SSSR count). The number of carbonyl (C=O) groups excluding carboxylic acids is 2. The molecule has 0 heterocycles. The van der Waals surface area contributed by atoms with Crippen molar-refractivity contribution in [3.8, 4) is 5.75 Å². The van der Waals surface area contributed by atoms with Crippen LogP contribution < -0.4 is 15.4 Å². The summed E-state index contributed by atoms with van der Waals surface area (Å²) in [5.41, 5.74) is 0. The fourth-order valence-corrected chi connectivity index (χ4v) is 3.31. The lowest BCUT2D eigenvalue weighted by Crippen LogP contribution is -2.47. The minimum absolute atomic E-state index is 0.0367. The van der Waals surface area contributed by atoms with Gasteiger partial charge in [0.1, 0.15) is 11.9 Å². The number of nitrogens with one attached hydrogen (secondary N) is 2. The monoisotopic (exact) mass is 344 g/mol. The molecule has 0 saturated heterocycles. The van der Waals surface area contributed by atoms with E-state index in [0.717, 1.165) is 44.3 Å². The SMILES string of the molecule is O=C(CCCNC(=O)C1CC1)N[C@H]1CCCC[C@@H]1Oc1ccccc1. The Bertz CT molecular complexity index is 572. The molecule has 2 saturated carbocycles. The Morgan fingerprint density at radius 2 is 1.80 bits per heavy atom. The molecule has 136 valence electrons. The molecule has 2 fully saturated rings. The van der Waals surface area contributed by atoms with Crippen LogP contribution in [-0.2, 0) is 9.59 Å². The Balaban J connectivity index is 1.39. The van der Waals surface area contributed by atoms with Crippen molar-refractivity contribution in [1.82, 2.24) is 10.6 Å². The van der Waals surface area contributed by atoms with Gasteiger partial charge in [0.25, 0.3) is 0 Å². The van der Waals surface area contributed by atoms with Crippen LogP contribution in [0.1, 0.15) is 51.4 Å². The van der Waals surface area contributed by atoms with Crippen molar-refractivity contribution in [2.24, 2.45) is 5.92 Å². The number of amides is 2. The number of benzene rings is 1. The summed E-state index contributed by atoms with van der Waals surface area (Å²) in [6.07, 6.45) is 7.37. The van der Waals surface area contributed by atoms with Crippen molar-refractivity contribution in [3.05, 3.63) is 30.3 Å². The van der Waals surface area contributed by atoms with Crippen molar-refractivity contribution in [3.63, 3.8) is 0 Å². The zero-order chi connectivity index (χ0) is 17.5. The second-order valence-corrected chi connectivity index (χ2v) is 7.10. The molecular weight excluding hydrogens is 316 g/mol. The third kappa shape index (κ3) is 5.76. The van der Waals surface area contributed by atoms with E-state index >= 15 is 0 Å². The Labute approximate surface area is 149 Å². The predicted octanol–water partition coefficient (Wildman–Crippen LogP) is 2.80. The first-order valence-electron chi connectivity index (χ1n) is 9.51. The summed E-state index contributed by atoms with van der Waals surface area (Å²) < 4.78 is 6.09. The average molecular weight is 344 g/mol. The molecule has 0 unspecified atom stereocenters. The highest BCUT2D eigenvalue weighted by atomic mass is 16.5. The van der Waals surface area contributed by atoms with E-state index in [4.69, 9.17) is 4.74 Å². The molecule has 2 N–H and O–H groups in total. The molecule has 2 aliphatic carbocycles. The van der Waals surface area contributed by atoms with E-state index in [1.54, 1.807) is 0 Å². The Morgan fingerprint density at radius 1 is 1.04 bits per heavy atom. The van der Waals surface area contributed by atoms with Gasteiger partial charge in [-0.3, -0.25) is 9.59 Å². The van der Waals surface area contributed by atoms with Gasteiger partial charge in [0.15, 0.2) is 0 Å². The van der Waals surface area contributed by atoms with Crippen molar-refractivity contribution < 1.29 is 14.3 Å². The van der Waals surface area contributed by atoms with Crippen LogP contribution in [0.5, 0.6) is 5.75 Å². The first-order chi connectivity index (χ1) is 12.2. The van der Waals surface area contributed by atoms with Gasteiger partial charge in [0.2, 0.25) is 11.8 Å². The molecular formula is C20H28N2O3. The average Bonchev–Trinajstić information content (AvgIpc) is 3.46. The molecule has 25 heavy (non-hydrogen) atoms. The molecule has 0 aliphatic heterocycles. The molecule has 2 amide bonds. The smallest absolute Gasteiger partial charge is 0.223 e. The second-order valence-electron chi connectivity index (χ2n) is 7.10. The van der Waals surface area contributed by atoms with Gasteiger partial charge in [-0.15, -0.1) is 0 Å². The topological polar surface area (TPSA) is 67.4 Å². The van der Waals surface area contributed by atoms with Gasteiger partial charge in [0.05, 0.1) is 6.04 Å². The van der Waals surface area contributed by atoms with E-state index in [9.17, 15) is 9.59 Å². The fraction of sp³-hybridized carbons (Fsp3) is 0.600. The highest BCUT2D eigenvalue weighted by Crippen LogP contribution is 2.28. The van der Waals surface area contributed by atoms with Gasteiger partial charge in [-0.05, 0) is 50.7 Å². The summed E-state index contributed by atoms with van der Waals surface area (Å²) in [7, 11) is 0. The maximum absolute atomic E-state index is 12.2. The molecule has 1 aromatic rings. The molecule has 5 heteroatoms. The van der Waals surface area contributed by atoms with Crippen LogP contribution in [0.2, 0.25) is 0 Å². The van der Waals surface area contributed by atoms with E-state index in [1.165, 1.54) is 0 Å². The Hall–Kier alpha value is -2.04.